The highest BCUT2D eigenvalue weighted by Gasteiger charge is 2.34. The lowest BCUT2D eigenvalue weighted by Gasteiger charge is -2.39. The molecule has 2 aliphatic heterocycles. The van der Waals surface area contributed by atoms with Crippen molar-refractivity contribution >= 4 is 11.8 Å². The molecule has 0 saturated carbocycles. The standard InChI is InChI=1S/C10H18O2S/c1-10(6-12-7-10)8-13-9-3-2-4-11-5-9/h9H,2-8H2,1H3. The fourth-order valence-corrected chi connectivity index (χ4v) is 3.03. The molecule has 13 heavy (non-hydrogen) atoms. The average molecular weight is 202 g/mol. The molecule has 0 aromatic carbocycles. The maximum atomic E-state index is 5.45. The van der Waals surface area contributed by atoms with Gasteiger partial charge in [0.05, 0.1) is 19.8 Å². The van der Waals surface area contributed by atoms with Crippen molar-refractivity contribution < 1.29 is 9.47 Å². The molecule has 2 saturated heterocycles. The van der Waals surface area contributed by atoms with E-state index in [4.69, 9.17) is 9.47 Å². The molecule has 0 radical (unpaired) electrons. The SMILES string of the molecule is CC1(CSC2CCCOC2)COC1. The predicted octanol–water partition coefficient (Wildman–Crippen LogP) is 1.94. The third kappa shape index (κ3) is 2.61. The van der Waals surface area contributed by atoms with Crippen molar-refractivity contribution in [1.29, 1.82) is 0 Å². The first-order chi connectivity index (χ1) is 6.29. The molecule has 0 aromatic heterocycles. The highest BCUT2D eigenvalue weighted by Crippen LogP contribution is 2.33. The molecule has 76 valence electrons. The smallest absolute Gasteiger partial charge is 0.0585 e. The minimum absolute atomic E-state index is 0.460. The number of hydrogen-bond donors (Lipinski definition) is 0. The van der Waals surface area contributed by atoms with Crippen LogP contribution in [0.2, 0.25) is 0 Å². The Hall–Kier alpha value is 0.270. The van der Waals surface area contributed by atoms with Crippen molar-refractivity contribution in [1.82, 2.24) is 0 Å². The van der Waals surface area contributed by atoms with Crippen molar-refractivity contribution in [2.75, 3.05) is 32.2 Å². The molecule has 2 nitrogen and oxygen atoms in total. The van der Waals surface area contributed by atoms with Crippen LogP contribution < -0.4 is 0 Å². The van der Waals surface area contributed by atoms with Gasteiger partial charge in [0.1, 0.15) is 0 Å². The fraction of sp³-hybridized carbons (Fsp3) is 1.00. The van der Waals surface area contributed by atoms with Crippen LogP contribution in [-0.4, -0.2) is 37.4 Å². The van der Waals surface area contributed by atoms with Crippen LogP contribution in [0.15, 0.2) is 0 Å². The number of rotatable bonds is 3. The summed E-state index contributed by atoms with van der Waals surface area (Å²) < 4.78 is 10.7. The highest BCUT2D eigenvalue weighted by atomic mass is 32.2. The second kappa shape index (κ2) is 4.20. The van der Waals surface area contributed by atoms with E-state index in [0.717, 1.165) is 31.7 Å². The van der Waals surface area contributed by atoms with Gasteiger partial charge < -0.3 is 9.47 Å². The minimum Gasteiger partial charge on any atom is -0.380 e. The summed E-state index contributed by atoms with van der Waals surface area (Å²) in [5.74, 6) is 1.24. The largest absolute Gasteiger partial charge is 0.380 e. The van der Waals surface area contributed by atoms with E-state index >= 15 is 0 Å². The molecule has 2 aliphatic rings. The van der Waals surface area contributed by atoms with Crippen LogP contribution in [0.5, 0.6) is 0 Å². The summed E-state index contributed by atoms with van der Waals surface area (Å²) in [4.78, 5) is 0. The quantitative estimate of drug-likeness (QED) is 0.697. The van der Waals surface area contributed by atoms with Gasteiger partial charge in [0.15, 0.2) is 0 Å². The number of thioether (sulfide) groups is 1. The molecule has 0 bridgehead atoms. The van der Waals surface area contributed by atoms with Crippen LogP contribution in [0.3, 0.4) is 0 Å². The Bertz CT molecular complexity index is 162. The molecule has 0 aromatic rings. The minimum atomic E-state index is 0.460. The summed E-state index contributed by atoms with van der Waals surface area (Å²) in [7, 11) is 0. The zero-order valence-corrected chi connectivity index (χ0v) is 9.07. The molecular formula is C10H18O2S. The maximum Gasteiger partial charge on any atom is 0.0585 e. The highest BCUT2D eigenvalue weighted by molar-refractivity contribution is 7.99. The van der Waals surface area contributed by atoms with Crippen molar-refractivity contribution in [2.24, 2.45) is 5.41 Å². The third-order valence-corrected chi connectivity index (χ3v) is 4.39. The maximum absolute atomic E-state index is 5.45. The van der Waals surface area contributed by atoms with Gasteiger partial charge in [-0.05, 0) is 12.8 Å². The van der Waals surface area contributed by atoms with E-state index in [0.29, 0.717) is 5.41 Å². The normalized spacial score (nSPS) is 32.5. The first-order valence-electron chi connectivity index (χ1n) is 5.06. The summed E-state index contributed by atoms with van der Waals surface area (Å²) in [6.07, 6.45) is 2.58. The van der Waals surface area contributed by atoms with Crippen LogP contribution in [0, 0.1) is 5.41 Å². The predicted molar refractivity (Wildman–Crippen MR) is 55.2 cm³/mol. The van der Waals surface area contributed by atoms with Gasteiger partial charge >= 0.3 is 0 Å². The monoisotopic (exact) mass is 202 g/mol. The average Bonchev–Trinajstić information content (AvgIpc) is 2.13. The fourth-order valence-electron chi connectivity index (χ4n) is 1.70. The van der Waals surface area contributed by atoms with Gasteiger partial charge in [0.25, 0.3) is 0 Å². The van der Waals surface area contributed by atoms with E-state index in [1.54, 1.807) is 0 Å². The molecule has 0 aliphatic carbocycles. The summed E-state index contributed by atoms with van der Waals surface area (Å²) in [6.45, 7) is 6.15. The Morgan fingerprint density at radius 3 is 2.77 bits per heavy atom. The Balaban J connectivity index is 1.66. The molecule has 2 heterocycles. The first kappa shape index (κ1) is 9.81. The van der Waals surface area contributed by atoms with Gasteiger partial charge in [-0.3, -0.25) is 0 Å². The van der Waals surface area contributed by atoms with Crippen LogP contribution in [0.4, 0.5) is 0 Å². The van der Waals surface area contributed by atoms with E-state index in [1.807, 2.05) is 0 Å². The van der Waals surface area contributed by atoms with Gasteiger partial charge in [-0.25, -0.2) is 0 Å². The molecular weight excluding hydrogens is 184 g/mol. The lowest BCUT2D eigenvalue weighted by molar-refractivity contribution is -0.0862. The molecule has 0 spiro atoms. The van der Waals surface area contributed by atoms with Crippen LogP contribution in [0.25, 0.3) is 0 Å². The van der Waals surface area contributed by atoms with Crippen molar-refractivity contribution in [3.8, 4) is 0 Å². The number of ether oxygens (including phenoxy) is 2. The van der Waals surface area contributed by atoms with E-state index in [2.05, 4.69) is 18.7 Å². The zero-order valence-electron chi connectivity index (χ0n) is 8.25. The lowest BCUT2D eigenvalue weighted by atomic mass is 9.92. The van der Waals surface area contributed by atoms with Crippen LogP contribution in [-0.2, 0) is 9.47 Å². The Labute approximate surface area is 84.4 Å². The molecule has 1 atom stereocenters. The number of hydrogen-bond acceptors (Lipinski definition) is 3. The van der Waals surface area contributed by atoms with Gasteiger partial charge in [-0.1, -0.05) is 6.92 Å². The van der Waals surface area contributed by atoms with E-state index in [9.17, 15) is 0 Å². The molecule has 0 N–H and O–H groups in total. The molecule has 0 amide bonds. The molecule has 2 rings (SSSR count). The Morgan fingerprint density at radius 2 is 2.23 bits per heavy atom. The molecule has 1 unspecified atom stereocenters. The summed E-state index contributed by atoms with van der Waals surface area (Å²) in [6, 6.07) is 0. The van der Waals surface area contributed by atoms with Gasteiger partial charge in [-0.2, -0.15) is 11.8 Å². The van der Waals surface area contributed by atoms with Crippen molar-refractivity contribution in [3.63, 3.8) is 0 Å². The summed E-state index contributed by atoms with van der Waals surface area (Å²) in [5, 5.41) is 0.742. The summed E-state index contributed by atoms with van der Waals surface area (Å²) in [5.41, 5.74) is 0.460. The van der Waals surface area contributed by atoms with Crippen molar-refractivity contribution in [2.45, 2.75) is 25.0 Å². The first-order valence-corrected chi connectivity index (χ1v) is 6.10. The Kier molecular flexibility index (Phi) is 3.17. The van der Waals surface area contributed by atoms with Crippen LogP contribution >= 0.6 is 11.8 Å². The van der Waals surface area contributed by atoms with E-state index in [1.165, 1.54) is 18.6 Å². The van der Waals surface area contributed by atoms with Crippen LogP contribution in [0.1, 0.15) is 19.8 Å². The zero-order chi connectivity index (χ0) is 9.15. The topological polar surface area (TPSA) is 18.5 Å². The van der Waals surface area contributed by atoms with E-state index < -0.39 is 0 Å². The van der Waals surface area contributed by atoms with E-state index in [-0.39, 0.29) is 0 Å². The van der Waals surface area contributed by atoms with Gasteiger partial charge in [0.2, 0.25) is 0 Å². The van der Waals surface area contributed by atoms with Crippen molar-refractivity contribution in [3.05, 3.63) is 0 Å². The lowest BCUT2D eigenvalue weighted by Crippen LogP contribution is -2.42. The third-order valence-electron chi connectivity index (χ3n) is 2.69. The molecule has 3 heteroatoms. The second-order valence-corrected chi connectivity index (χ2v) is 5.74. The summed E-state index contributed by atoms with van der Waals surface area (Å²) >= 11 is 2.08. The van der Waals surface area contributed by atoms with Gasteiger partial charge in [-0.15, -0.1) is 0 Å². The second-order valence-electron chi connectivity index (χ2n) is 4.45. The van der Waals surface area contributed by atoms with Gasteiger partial charge in [0, 0.05) is 23.0 Å². The Morgan fingerprint density at radius 1 is 1.38 bits per heavy atom. The molecule has 2 fully saturated rings.